The Morgan fingerprint density at radius 3 is 2.44 bits per heavy atom. The van der Waals surface area contributed by atoms with Gasteiger partial charge < -0.3 is 5.73 Å². The van der Waals surface area contributed by atoms with Crippen LogP contribution in [0.3, 0.4) is 0 Å². The van der Waals surface area contributed by atoms with Gasteiger partial charge in [-0.05, 0) is 0 Å². The Morgan fingerprint density at radius 1 is 1.50 bits per heavy atom. The third kappa shape index (κ3) is 2.07. The molecule has 16 heavy (non-hydrogen) atoms. The molecule has 0 atom stereocenters. The fraction of sp³-hybridized carbons (Fsp3) is 0.143. The molecular formula is C7H6F2N4O2S. The number of nitrogens with two attached hydrogens (primary N) is 2. The number of aromatic nitrogens is 1. The van der Waals surface area contributed by atoms with Gasteiger partial charge in [0.1, 0.15) is 16.7 Å². The highest BCUT2D eigenvalue weighted by molar-refractivity contribution is 7.89. The van der Waals surface area contributed by atoms with Crippen LogP contribution >= 0.6 is 0 Å². The molecule has 0 saturated carbocycles. The van der Waals surface area contributed by atoms with E-state index in [4.69, 9.17) is 16.1 Å². The second-order valence-electron chi connectivity index (χ2n) is 2.75. The van der Waals surface area contributed by atoms with E-state index in [2.05, 4.69) is 4.98 Å². The number of anilines is 1. The zero-order chi connectivity index (χ0) is 12.5. The number of halogens is 2. The molecule has 0 aliphatic rings. The van der Waals surface area contributed by atoms with Crippen molar-refractivity contribution in [2.75, 3.05) is 5.73 Å². The molecule has 1 aromatic rings. The average Bonchev–Trinajstić information content (AvgIpc) is 2.15. The van der Waals surface area contributed by atoms with Gasteiger partial charge >= 0.3 is 0 Å². The predicted molar refractivity (Wildman–Crippen MR) is 49.7 cm³/mol. The number of pyridine rings is 1. The Morgan fingerprint density at radius 2 is 2.06 bits per heavy atom. The van der Waals surface area contributed by atoms with Gasteiger partial charge in [0, 0.05) is 6.20 Å². The summed E-state index contributed by atoms with van der Waals surface area (Å²) >= 11 is 0. The molecule has 0 radical (unpaired) electrons. The maximum absolute atomic E-state index is 12.3. The van der Waals surface area contributed by atoms with Crippen LogP contribution < -0.4 is 10.9 Å². The summed E-state index contributed by atoms with van der Waals surface area (Å²) in [4.78, 5) is 2.50. The fourth-order valence-electron chi connectivity index (χ4n) is 1.03. The highest BCUT2D eigenvalue weighted by atomic mass is 32.2. The molecule has 0 amide bonds. The number of nitrogen functional groups attached to an aromatic ring is 1. The van der Waals surface area contributed by atoms with E-state index in [-0.39, 0.29) is 0 Å². The van der Waals surface area contributed by atoms with Crippen molar-refractivity contribution in [1.82, 2.24) is 4.98 Å². The van der Waals surface area contributed by atoms with E-state index in [9.17, 15) is 17.2 Å². The standard InChI is InChI=1S/C7H6F2N4O2S/c8-7(9)6-5(11)3(1-10)4(2-13-6)16(12,14)15/h2,7H,11H2,(H2,12,14,15). The van der Waals surface area contributed by atoms with E-state index >= 15 is 0 Å². The Hall–Kier alpha value is -1.79. The predicted octanol–water partition coefficient (Wildman–Crippen LogP) is 0.120. The summed E-state index contributed by atoms with van der Waals surface area (Å²) in [6.45, 7) is 0. The van der Waals surface area contributed by atoms with Gasteiger partial charge in [-0.3, -0.25) is 4.98 Å². The minimum atomic E-state index is -4.22. The summed E-state index contributed by atoms with van der Waals surface area (Å²) in [5.41, 5.74) is 3.07. The molecule has 9 heteroatoms. The van der Waals surface area contributed by atoms with E-state index in [1.165, 1.54) is 6.07 Å². The van der Waals surface area contributed by atoms with Crippen molar-refractivity contribution >= 4 is 15.7 Å². The van der Waals surface area contributed by atoms with Crippen LogP contribution in [0.2, 0.25) is 0 Å². The summed E-state index contributed by atoms with van der Waals surface area (Å²) in [5, 5.41) is 13.4. The lowest BCUT2D eigenvalue weighted by molar-refractivity contribution is 0.147. The van der Waals surface area contributed by atoms with Crippen molar-refractivity contribution in [3.63, 3.8) is 0 Å². The molecule has 4 N–H and O–H groups in total. The van der Waals surface area contributed by atoms with Crippen LogP contribution in [-0.4, -0.2) is 13.4 Å². The quantitative estimate of drug-likeness (QED) is 0.769. The van der Waals surface area contributed by atoms with Crippen LogP contribution in [-0.2, 0) is 10.0 Å². The van der Waals surface area contributed by atoms with Gasteiger partial charge in [0.15, 0.2) is 0 Å². The zero-order valence-electron chi connectivity index (χ0n) is 7.68. The summed E-state index contributed by atoms with van der Waals surface area (Å²) < 4.78 is 46.7. The monoisotopic (exact) mass is 248 g/mol. The second-order valence-corrected chi connectivity index (χ2v) is 4.28. The largest absolute Gasteiger partial charge is 0.396 e. The van der Waals surface area contributed by atoms with E-state index < -0.39 is 38.3 Å². The lowest BCUT2D eigenvalue weighted by Crippen LogP contribution is -2.16. The first-order valence-corrected chi connectivity index (χ1v) is 5.33. The van der Waals surface area contributed by atoms with Crippen molar-refractivity contribution in [3.05, 3.63) is 17.5 Å². The van der Waals surface area contributed by atoms with Crippen molar-refractivity contribution in [2.24, 2.45) is 5.14 Å². The number of nitriles is 1. The Kier molecular flexibility index (Phi) is 3.06. The normalized spacial score (nSPS) is 11.4. The number of hydrogen-bond donors (Lipinski definition) is 2. The average molecular weight is 248 g/mol. The van der Waals surface area contributed by atoms with Gasteiger partial charge in [-0.2, -0.15) is 5.26 Å². The van der Waals surface area contributed by atoms with E-state index in [0.29, 0.717) is 6.20 Å². The van der Waals surface area contributed by atoms with Gasteiger partial charge in [0.05, 0.1) is 11.3 Å². The minimum Gasteiger partial charge on any atom is -0.396 e. The molecular weight excluding hydrogens is 242 g/mol. The molecule has 0 spiro atoms. The first kappa shape index (κ1) is 12.3. The third-order valence-electron chi connectivity index (χ3n) is 1.74. The van der Waals surface area contributed by atoms with E-state index in [0.717, 1.165) is 0 Å². The number of alkyl halides is 2. The minimum absolute atomic E-state index is 0.589. The maximum atomic E-state index is 12.3. The molecule has 1 heterocycles. The summed E-state index contributed by atoms with van der Waals surface area (Å²) in [6.07, 6.45) is -2.41. The lowest BCUT2D eigenvalue weighted by Gasteiger charge is -2.08. The first-order chi connectivity index (χ1) is 7.29. The van der Waals surface area contributed by atoms with Crippen LogP contribution in [0.5, 0.6) is 0 Å². The van der Waals surface area contributed by atoms with Gasteiger partial charge in [-0.25, -0.2) is 22.3 Å². The molecule has 0 fully saturated rings. The molecule has 1 aromatic heterocycles. The lowest BCUT2D eigenvalue weighted by atomic mass is 10.2. The van der Waals surface area contributed by atoms with Gasteiger partial charge in [0.25, 0.3) is 6.43 Å². The summed E-state index contributed by atoms with van der Waals surface area (Å²) in [6, 6.07) is 1.41. The zero-order valence-corrected chi connectivity index (χ0v) is 8.50. The number of primary sulfonamides is 1. The summed E-state index contributed by atoms with van der Waals surface area (Å²) in [7, 11) is -4.22. The molecule has 6 nitrogen and oxygen atoms in total. The molecule has 0 aliphatic carbocycles. The van der Waals surface area contributed by atoms with Crippen LogP contribution in [0.4, 0.5) is 14.5 Å². The van der Waals surface area contributed by atoms with E-state index in [1.54, 1.807) is 0 Å². The topological polar surface area (TPSA) is 123 Å². The maximum Gasteiger partial charge on any atom is 0.282 e. The number of sulfonamides is 1. The van der Waals surface area contributed by atoms with Crippen molar-refractivity contribution in [1.29, 1.82) is 5.26 Å². The highest BCUT2D eigenvalue weighted by Gasteiger charge is 2.23. The number of rotatable bonds is 2. The Balaban J connectivity index is 3.62. The molecule has 0 aliphatic heterocycles. The Labute approximate surface area is 89.5 Å². The van der Waals surface area contributed by atoms with Gasteiger partial charge in [-0.15, -0.1) is 0 Å². The number of hydrogen-bond acceptors (Lipinski definition) is 5. The molecule has 0 bridgehead atoms. The van der Waals surface area contributed by atoms with Gasteiger partial charge in [0.2, 0.25) is 10.0 Å². The van der Waals surface area contributed by atoms with E-state index in [1.807, 2.05) is 0 Å². The molecule has 86 valence electrons. The molecule has 0 aromatic carbocycles. The second kappa shape index (κ2) is 3.99. The van der Waals surface area contributed by atoms with Crippen molar-refractivity contribution in [3.8, 4) is 6.07 Å². The highest BCUT2D eigenvalue weighted by Crippen LogP contribution is 2.28. The third-order valence-corrected chi connectivity index (χ3v) is 2.66. The molecule has 0 saturated heterocycles. The Bertz CT molecular complexity index is 564. The van der Waals surface area contributed by atoms with Crippen molar-refractivity contribution < 1.29 is 17.2 Å². The SMILES string of the molecule is N#Cc1c(S(N)(=O)=O)cnc(C(F)F)c1N. The smallest absolute Gasteiger partial charge is 0.282 e. The first-order valence-electron chi connectivity index (χ1n) is 3.78. The fourth-order valence-corrected chi connectivity index (χ4v) is 1.67. The van der Waals surface area contributed by atoms with Crippen molar-refractivity contribution in [2.45, 2.75) is 11.3 Å². The van der Waals surface area contributed by atoms with Crippen LogP contribution in [0, 0.1) is 11.3 Å². The van der Waals surface area contributed by atoms with Crippen LogP contribution in [0.25, 0.3) is 0 Å². The molecule has 1 rings (SSSR count). The van der Waals surface area contributed by atoms with Crippen LogP contribution in [0.15, 0.2) is 11.1 Å². The molecule has 0 unspecified atom stereocenters. The van der Waals surface area contributed by atoms with Crippen LogP contribution in [0.1, 0.15) is 17.7 Å². The summed E-state index contributed by atoms with van der Waals surface area (Å²) in [5.74, 6) is 0. The van der Waals surface area contributed by atoms with Gasteiger partial charge in [-0.1, -0.05) is 0 Å². The number of nitrogens with zero attached hydrogens (tertiary/aromatic N) is 2.